The summed E-state index contributed by atoms with van der Waals surface area (Å²) in [5, 5.41) is 19.4. The summed E-state index contributed by atoms with van der Waals surface area (Å²) in [6.07, 6.45) is 0.393. The normalized spacial score (nSPS) is 12.8. The van der Waals surface area contributed by atoms with Crippen molar-refractivity contribution in [3.63, 3.8) is 0 Å². The van der Waals surface area contributed by atoms with Gasteiger partial charge in [-0.2, -0.15) is 0 Å². The second-order valence-corrected chi connectivity index (χ2v) is 7.08. The SMILES string of the molecule is CC(C)C[C@H](NC(=O)CSc1n[nH]c2nc3ccccc3n12)C(=O)O. The van der Waals surface area contributed by atoms with Gasteiger partial charge in [0.25, 0.3) is 0 Å². The van der Waals surface area contributed by atoms with Crippen molar-refractivity contribution in [1.29, 1.82) is 0 Å². The fourth-order valence-corrected chi connectivity index (χ4v) is 3.37. The summed E-state index contributed by atoms with van der Waals surface area (Å²) in [6.45, 7) is 3.84. The maximum atomic E-state index is 12.1. The summed E-state index contributed by atoms with van der Waals surface area (Å²) >= 11 is 1.23. The van der Waals surface area contributed by atoms with Gasteiger partial charge in [-0.3, -0.25) is 9.20 Å². The number of aromatic nitrogens is 4. The van der Waals surface area contributed by atoms with E-state index >= 15 is 0 Å². The van der Waals surface area contributed by atoms with Gasteiger partial charge in [0.15, 0.2) is 5.16 Å². The predicted octanol–water partition coefficient (Wildman–Crippen LogP) is 1.92. The molecule has 3 rings (SSSR count). The molecule has 3 aromatic rings. The number of thioether (sulfide) groups is 1. The van der Waals surface area contributed by atoms with Crippen molar-refractivity contribution in [2.75, 3.05) is 5.75 Å². The number of hydrogen-bond donors (Lipinski definition) is 3. The molecule has 0 aliphatic carbocycles. The van der Waals surface area contributed by atoms with Crippen LogP contribution < -0.4 is 5.32 Å². The number of H-pyrrole nitrogens is 1. The third kappa shape index (κ3) is 3.76. The largest absolute Gasteiger partial charge is 0.480 e. The van der Waals surface area contributed by atoms with Crippen LogP contribution in [-0.4, -0.2) is 48.4 Å². The molecule has 0 aliphatic rings. The lowest BCUT2D eigenvalue weighted by molar-refractivity contribution is -0.141. The molecule has 0 fully saturated rings. The van der Waals surface area contributed by atoms with Crippen molar-refractivity contribution < 1.29 is 14.7 Å². The molecular formula is C16H19N5O3S. The molecule has 2 heterocycles. The Balaban J connectivity index is 1.70. The third-order valence-corrected chi connectivity index (χ3v) is 4.61. The maximum Gasteiger partial charge on any atom is 0.326 e. The van der Waals surface area contributed by atoms with E-state index in [9.17, 15) is 14.7 Å². The summed E-state index contributed by atoms with van der Waals surface area (Å²) in [5.41, 5.74) is 1.74. The number of nitrogens with one attached hydrogen (secondary N) is 2. The number of carboxylic acids is 1. The van der Waals surface area contributed by atoms with Gasteiger partial charge in [0.05, 0.1) is 16.8 Å². The van der Waals surface area contributed by atoms with Gasteiger partial charge >= 0.3 is 5.97 Å². The quantitative estimate of drug-likeness (QED) is 0.554. The number of benzene rings is 1. The van der Waals surface area contributed by atoms with Gasteiger partial charge in [0, 0.05) is 0 Å². The zero-order valence-electron chi connectivity index (χ0n) is 13.9. The fraction of sp³-hybridized carbons (Fsp3) is 0.375. The Hall–Kier alpha value is -2.55. The second kappa shape index (κ2) is 7.14. The van der Waals surface area contributed by atoms with Gasteiger partial charge in [-0.25, -0.2) is 14.9 Å². The molecule has 1 atom stereocenters. The zero-order valence-corrected chi connectivity index (χ0v) is 14.7. The van der Waals surface area contributed by atoms with Crippen LogP contribution in [0.1, 0.15) is 20.3 Å². The highest BCUT2D eigenvalue weighted by molar-refractivity contribution is 7.99. The Morgan fingerprint density at radius 2 is 2.12 bits per heavy atom. The maximum absolute atomic E-state index is 12.1. The van der Waals surface area contributed by atoms with Gasteiger partial charge in [-0.15, -0.1) is 5.10 Å². The summed E-state index contributed by atoms with van der Waals surface area (Å²) < 4.78 is 1.84. The van der Waals surface area contributed by atoms with Gasteiger partial charge in [-0.1, -0.05) is 37.7 Å². The smallest absolute Gasteiger partial charge is 0.326 e. The molecule has 0 bridgehead atoms. The van der Waals surface area contributed by atoms with Crippen LogP contribution >= 0.6 is 11.8 Å². The molecule has 25 heavy (non-hydrogen) atoms. The summed E-state index contributed by atoms with van der Waals surface area (Å²) in [6, 6.07) is 6.78. The van der Waals surface area contributed by atoms with Crippen molar-refractivity contribution >= 4 is 40.4 Å². The van der Waals surface area contributed by atoms with E-state index < -0.39 is 12.0 Å². The molecule has 0 radical (unpaired) electrons. The number of aliphatic carboxylic acids is 1. The van der Waals surface area contributed by atoms with Crippen LogP contribution in [0.3, 0.4) is 0 Å². The number of imidazole rings is 1. The molecule has 1 amide bonds. The van der Waals surface area contributed by atoms with E-state index in [4.69, 9.17) is 0 Å². The average Bonchev–Trinajstić information content (AvgIpc) is 3.11. The average molecular weight is 361 g/mol. The molecule has 0 aliphatic heterocycles. The van der Waals surface area contributed by atoms with Crippen LogP contribution in [0, 0.1) is 5.92 Å². The molecule has 2 aromatic heterocycles. The van der Waals surface area contributed by atoms with E-state index in [0.29, 0.717) is 17.4 Å². The Morgan fingerprint density at radius 1 is 1.36 bits per heavy atom. The number of para-hydroxylation sites is 2. The first kappa shape index (κ1) is 17.3. The predicted molar refractivity (Wildman–Crippen MR) is 94.6 cm³/mol. The summed E-state index contributed by atoms with van der Waals surface area (Å²) in [5.74, 6) is -0.493. The molecule has 1 aromatic carbocycles. The van der Waals surface area contributed by atoms with Crippen molar-refractivity contribution in [3.8, 4) is 0 Å². The van der Waals surface area contributed by atoms with Crippen LogP contribution in [-0.2, 0) is 9.59 Å². The van der Waals surface area contributed by atoms with E-state index in [-0.39, 0.29) is 17.6 Å². The molecule has 0 saturated carbocycles. The Morgan fingerprint density at radius 3 is 2.84 bits per heavy atom. The fourth-order valence-electron chi connectivity index (χ4n) is 2.60. The first-order valence-corrected chi connectivity index (χ1v) is 8.90. The minimum atomic E-state index is -1.02. The molecule has 0 spiro atoms. The lowest BCUT2D eigenvalue weighted by Crippen LogP contribution is -2.42. The number of fused-ring (bicyclic) bond motifs is 3. The monoisotopic (exact) mass is 361 g/mol. The van der Waals surface area contributed by atoms with Crippen LogP contribution in [0.25, 0.3) is 16.8 Å². The Kier molecular flexibility index (Phi) is 4.93. The van der Waals surface area contributed by atoms with Crippen molar-refractivity contribution in [3.05, 3.63) is 24.3 Å². The summed E-state index contributed by atoms with van der Waals surface area (Å²) in [4.78, 5) is 27.8. The number of hydrogen-bond acceptors (Lipinski definition) is 5. The van der Waals surface area contributed by atoms with Gasteiger partial charge in [0.2, 0.25) is 11.7 Å². The van der Waals surface area contributed by atoms with Crippen LogP contribution in [0.5, 0.6) is 0 Å². The molecule has 132 valence electrons. The number of carbonyl (C=O) groups is 2. The van der Waals surface area contributed by atoms with E-state index in [0.717, 1.165) is 11.0 Å². The molecule has 9 heteroatoms. The van der Waals surface area contributed by atoms with E-state index in [1.54, 1.807) is 0 Å². The number of rotatable bonds is 7. The van der Waals surface area contributed by atoms with E-state index in [1.807, 2.05) is 42.5 Å². The van der Waals surface area contributed by atoms with Crippen molar-refractivity contribution in [2.45, 2.75) is 31.5 Å². The van der Waals surface area contributed by atoms with Crippen LogP contribution in [0.4, 0.5) is 0 Å². The van der Waals surface area contributed by atoms with E-state index in [2.05, 4.69) is 20.5 Å². The number of carbonyl (C=O) groups excluding carboxylic acids is 1. The number of amides is 1. The lowest BCUT2D eigenvalue weighted by Gasteiger charge is -2.16. The van der Waals surface area contributed by atoms with Crippen molar-refractivity contribution in [1.82, 2.24) is 24.9 Å². The minimum Gasteiger partial charge on any atom is -0.480 e. The van der Waals surface area contributed by atoms with Gasteiger partial charge in [0.1, 0.15) is 6.04 Å². The standard InChI is InChI=1S/C16H19N5O3S/c1-9(2)7-11(14(23)24)17-13(22)8-25-16-20-19-15-18-10-5-3-4-6-12(10)21(15)16/h3-6,9,11H,7-8H2,1-2H3,(H,17,22)(H,18,19)(H,23,24)/t11-/m0/s1. The summed E-state index contributed by atoms with van der Waals surface area (Å²) in [7, 11) is 0. The number of carboxylic acid groups (broad SMARTS) is 1. The van der Waals surface area contributed by atoms with Gasteiger partial charge < -0.3 is 10.4 Å². The lowest BCUT2D eigenvalue weighted by atomic mass is 10.0. The molecular weight excluding hydrogens is 342 g/mol. The highest BCUT2D eigenvalue weighted by atomic mass is 32.2. The molecule has 0 unspecified atom stereocenters. The second-order valence-electron chi connectivity index (χ2n) is 6.14. The third-order valence-electron chi connectivity index (χ3n) is 3.68. The Labute approximate surface area is 148 Å². The van der Waals surface area contributed by atoms with Crippen LogP contribution in [0.15, 0.2) is 29.4 Å². The molecule has 8 nitrogen and oxygen atoms in total. The van der Waals surface area contributed by atoms with Crippen molar-refractivity contribution in [2.24, 2.45) is 5.92 Å². The minimum absolute atomic E-state index is 0.0777. The highest BCUT2D eigenvalue weighted by Crippen LogP contribution is 2.22. The van der Waals surface area contributed by atoms with Crippen LogP contribution in [0.2, 0.25) is 0 Å². The highest BCUT2D eigenvalue weighted by Gasteiger charge is 2.21. The molecule has 3 N–H and O–H groups in total. The Bertz CT molecular complexity index is 917. The number of aromatic amines is 1. The van der Waals surface area contributed by atoms with E-state index in [1.165, 1.54) is 11.8 Å². The zero-order chi connectivity index (χ0) is 18.0. The first-order valence-electron chi connectivity index (χ1n) is 7.92. The first-order chi connectivity index (χ1) is 12.0. The van der Waals surface area contributed by atoms with Gasteiger partial charge in [-0.05, 0) is 24.5 Å². The number of nitrogens with zero attached hydrogens (tertiary/aromatic N) is 3. The molecule has 0 saturated heterocycles. The topological polar surface area (TPSA) is 112 Å².